The Labute approximate surface area is 72.5 Å². The summed E-state index contributed by atoms with van der Waals surface area (Å²) in [5.74, 6) is 0. The van der Waals surface area contributed by atoms with Crippen LogP contribution in [-0.2, 0) is 0 Å². The van der Waals surface area contributed by atoms with Crippen LogP contribution < -0.4 is 5.32 Å². The van der Waals surface area contributed by atoms with E-state index >= 15 is 0 Å². The third kappa shape index (κ3) is 2.31. The zero-order chi connectivity index (χ0) is 8.10. The number of nitrogens with one attached hydrogen (secondary N) is 1. The lowest BCUT2D eigenvalue weighted by Crippen LogP contribution is -1.97. The minimum absolute atomic E-state index is 0.775. The average Bonchev–Trinajstić information content (AvgIpc) is 2.03. The van der Waals surface area contributed by atoms with Gasteiger partial charge in [0.25, 0.3) is 0 Å². The molecule has 0 atom stereocenters. The number of rotatable bonds is 3. The first-order valence-corrected chi connectivity index (χ1v) is 3.92. The molecule has 0 radical (unpaired) electrons. The molecule has 0 aliphatic carbocycles. The van der Waals surface area contributed by atoms with Crippen LogP contribution in [0.5, 0.6) is 0 Å². The lowest BCUT2D eigenvalue weighted by atomic mass is 10.3. The molecule has 0 aliphatic heterocycles. The normalized spacial score (nSPS) is 9.18. The molecule has 11 heavy (non-hydrogen) atoms. The monoisotopic (exact) mass is 165 g/mol. The highest BCUT2D eigenvalue weighted by molar-refractivity contribution is 7.80. The van der Waals surface area contributed by atoms with Crippen molar-refractivity contribution in [2.24, 2.45) is 0 Å². The maximum atomic E-state index is 4.27. The molecule has 2 heteroatoms. The van der Waals surface area contributed by atoms with Crippen molar-refractivity contribution in [3.05, 3.63) is 36.9 Å². The summed E-state index contributed by atoms with van der Waals surface area (Å²) < 4.78 is 0. The van der Waals surface area contributed by atoms with Gasteiger partial charge in [-0.2, -0.15) is 0 Å². The molecule has 0 aliphatic rings. The molecule has 0 saturated carbocycles. The molecule has 0 amide bonds. The number of benzene rings is 1. The van der Waals surface area contributed by atoms with Crippen LogP contribution in [-0.4, -0.2) is 6.54 Å². The van der Waals surface area contributed by atoms with Gasteiger partial charge >= 0.3 is 0 Å². The molecule has 0 heterocycles. The van der Waals surface area contributed by atoms with E-state index in [0.29, 0.717) is 0 Å². The molecule has 0 bridgehead atoms. The second-order valence-corrected chi connectivity index (χ2v) is 2.67. The Morgan fingerprint density at radius 2 is 2.18 bits per heavy atom. The van der Waals surface area contributed by atoms with Gasteiger partial charge in [0.05, 0.1) is 0 Å². The summed E-state index contributed by atoms with van der Waals surface area (Å²) in [6.45, 7) is 4.39. The molecule has 0 fully saturated rings. The van der Waals surface area contributed by atoms with Crippen molar-refractivity contribution >= 4 is 18.3 Å². The Balaban J connectivity index is 2.69. The van der Waals surface area contributed by atoms with Crippen molar-refractivity contribution in [1.82, 2.24) is 0 Å². The Morgan fingerprint density at radius 1 is 1.45 bits per heavy atom. The van der Waals surface area contributed by atoms with E-state index in [1.807, 2.05) is 30.3 Å². The van der Waals surface area contributed by atoms with E-state index in [1.54, 1.807) is 0 Å². The van der Waals surface area contributed by atoms with E-state index < -0.39 is 0 Å². The molecule has 1 N–H and O–H groups in total. The second-order valence-electron chi connectivity index (χ2n) is 2.19. The van der Waals surface area contributed by atoms with Gasteiger partial charge in [-0.05, 0) is 12.1 Å². The largest absolute Gasteiger partial charge is 0.381 e. The highest BCUT2D eigenvalue weighted by Gasteiger charge is 1.92. The molecule has 0 spiro atoms. The Bertz CT molecular complexity index is 245. The maximum Gasteiger partial charge on any atom is 0.0478 e. The quantitative estimate of drug-likeness (QED) is 0.518. The maximum absolute atomic E-state index is 4.27. The standard InChI is InChI=1S/C9H11NS/c1-2-7-10-8-5-3-4-6-9(8)11/h2-6,10-11H,1,7H2. The number of thiol groups is 1. The zero-order valence-corrected chi connectivity index (χ0v) is 7.14. The van der Waals surface area contributed by atoms with E-state index in [2.05, 4.69) is 24.5 Å². The van der Waals surface area contributed by atoms with Gasteiger partial charge in [0.15, 0.2) is 0 Å². The number of hydrogen-bond acceptors (Lipinski definition) is 2. The molecular formula is C9H11NS. The van der Waals surface area contributed by atoms with Gasteiger partial charge in [0, 0.05) is 17.1 Å². The van der Waals surface area contributed by atoms with Gasteiger partial charge in [-0.3, -0.25) is 0 Å². The predicted molar refractivity (Wildman–Crippen MR) is 52.4 cm³/mol. The Morgan fingerprint density at radius 3 is 2.82 bits per heavy atom. The van der Waals surface area contributed by atoms with Crippen LogP contribution >= 0.6 is 12.6 Å². The fraction of sp³-hybridized carbons (Fsp3) is 0.111. The van der Waals surface area contributed by atoms with Gasteiger partial charge in [-0.15, -0.1) is 19.2 Å². The summed E-state index contributed by atoms with van der Waals surface area (Å²) in [6.07, 6.45) is 1.82. The molecule has 1 nitrogen and oxygen atoms in total. The van der Waals surface area contributed by atoms with Crippen molar-refractivity contribution in [2.45, 2.75) is 4.90 Å². The highest BCUT2D eigenvalue weighted by Crippen LogP contribution is 2.17. The molecule has 58 valence electrons. The molecule has 0 aromatic heterocycles. The third-order valence-corrected chi connectivity index (χ3v) is 1.73. The van der Waals surface area contributed by atoms with E-state index in [-0.39, 0.29) is 0 Å². The summed E-state index contributed by atoms with van der Waals surface area (Å²) in [5, 5.41) is 3.17. The first-order valence-electron chi connectivity index (χ1n) is 3.47. The van der Waals surface area contributed by atoms with Crippen LogP contribution in [0.2, 0.25) is 0 Å². The topological polar surface area (TPSA) is 12.0 Å². The number of anilines is 1. The molecule has 1 rings (SSSR count). The Kier molecular flexibility index (Phi) is 3.05. The fourth-order valence-electron chi connectivity index (χ4n) is 0.805. The summed E-state index contributed by atoms with van der Waals surface area (Å²) in [5.41, 5.74) is 1.05. The van der Waals surface area contributed by atoms with E-state index in [4.69, 9.17) is 0 Å². The van der Waals surface area contributed by atoms with Crippen molar-refractivity contribution in [1.29, 1.82) is 0 Å². The van der Waals surface area contributed by atoms with Crippen molar-refractivity contribution < 1.29 is 0 Å². The zero-order valence-electron chi connectivity index (χ0n) is 6.25. The van der Waals surface area contributed by atoms with Gasteiger partial charge in [0.1, 0.15) is 0 Å². The molecule has 1 aromatic carbocycles. The molecular weight excluding hydrogens is 154 g/mol. The summed E-state index contributed by atoms with van der Waals surface area (Å²) >= 11 is 4.27. The third-order valence-electron chi connectivity index (χ3n) is 1.34. The summed E-state index contributed by atoms with van der Waals surface area (Å²) in [4.78, 5) is 0.967. The van der Waals surface area contributed by atoms with Crippen LogP contribution in [0, 0.1) is 0 Å². The average molecular weight is 165 g/mol. The number of para-hydroxylation sites is 1. The van der Waals surface area contributed by atoms with Crippen LogP contribution in [0.25, 0.3) is 0 Å². The minimum atomic E-state index is 0.775. The first kappa shape index (κ1) is 8.21. The van der Waals surface area contributed by atoms with E-state index in [0.717, 1.165) is 17.1 Å². The minimum Gasteiger partial charge on any atom is -0.381 e. The Hall–Kier alpha value is -0.890. The second kappa shape index (κ2) is 4.09. The van der Waals surface area contributed by atoms with Gasteiger partial charge in [0.2, 0.25) is 0 Å². The molecule has 0 unspecified atom stereocenters. The van der Waals surface area contributed by atoms with E-state index in [1.165, 1.54) is 0 Å². The summed E-state index contributed by atoms with van der Waals surface area (Å²) in [6, 6.07) is 7.88. The van der Waals surface area contributed by atoms with Gasteiger partial charge in [-0.25, -0.2) is 0 Å². The van der Waals surface area contributed by atoms with Crippen LogP contribution in [0.4, 0.5) is 5.69 Å². The van der Waals surface area contributed by atoms with Crippen LogP contribution in [0.1, 0.15) is 0 Å². The molecule has 0 saturated heterocycles. The first-order chi connectivity index (χ1) is 5.34. The lowest BCUT2D eigenvalue weighted by Gasteiger charge is -2.04. The lowest BCUT2D eigenvalue weighted by molar-refractivity contribution is 1.29. The van der Waals surface area contributed by atoms with Gasteiger partial charge in [-0.1, -0.05) is 18.2 Å². The number of hydrogen-bond donors (Lipinski definition) is 2. The summed E-state index contributed by atoms with van der Waals surface area (Å²) in [7, 11) is 0. The SMILES string of the molecule is C=CCNc1ccccc1S. The van der Waals surface area contributed by atoms with Crippen LogP contribution in [0.15, 0.2) is 41.8 Å². The molecule has 1 aromatic rings. The fourth-order valence-corrected chi connectivity index (χ4v) is 1.04. The smallest absolute Gasteiger partial charge is 0.0478 e. The highest BCUT2D eigenvalue weighted by atomic mass is 32.1. The van der Waals surface area contributed by atoms with Crippen molar-refractivity contribution in [2.75, 3.05) is 11.9 Å². The van der Waals surface area contributed by atoms with E-state index in [9.17, 15) is 0 Å². The van der Waals surface area contributed by atoms with Crippen LogP contribution in [0.3, 0.4) is 0 Å². The van der Waals surface area contributed by atoms with Crippen molar-refractivity contribution in [3.8, 4) is 0 Å². The van der Waals surface area contributed by atoms with Gasteiger partial charge < -0.3 is 5.32 Å². The predicted octanol–water partition coefficient (Wildman–Crippen LogP) is 2.57. The van der Waals surface area contributed by atoms with Crippen molar-refractivity contribution in [3.63, 3.8) is 0 Å².